The van der Waals surface area contributed by atoms with Crippen LogP contribution in [0, 0.1) is 5.82 Å². The molecule has 2 aromatic rings. The van der Waals surface area contributed by atoms with Crippen LogP contribution in [0.4, 0.5) is 10.1 Å². The molecule has 0 bridgehead atoms. The van der Waals surface area contributed by atoms with Gasteiger partial charge in [0.05, 0.1) is 16.6 Å². The molecule has 0 spiro atoms. The lowest BCUT2D eigenvalue weighted by atomic mass is 9.86. The minimum atomic E-state index is -4.08. The fraction of sp³-hybridized carbons (Fsp3) is 0.235. The fourth-order valence-electron chi connectivity index (χ4n) is 2.26. The Labute approximate surface area is 140 Å². The van der Waals surface area contributed by atoms with Crippen molar-refractivity contribution in [2.45, 2.75) is 31.1 Å². The number of hydrogen-bond acceptors (Lipinski definition) is 4. The van der Waals surface area contributed by atoms with Gasteiger partial charge in [0, 0.05) is 5.56 Å². The summed E-state index contributed by atoms with van der Waals surface area (Å²) in [5.41, 5.74) is 0.0417. The van der Waals surface area contributed by atoms with Gasteiger partial charge in [0.1, 0.15) is 5.82 Å². The average Bonchev–Trinajstić information content (AvgIpc) is 2.46. The van der Waals surface area contributed by atoms with Gasteiger partial charge >= 0.3 is 0 Å². The van der Waals surface area contributed by atoms with Gasteiger partial charge in [-0.3, -0.25) is 4.72 Å². The van der Waals surface area contributed by atoms with E-state index in [1.165, 1.54) is 0 Å². The Bertz CT molecular complexity index is 886. The zero-order chi connectivity index (χ0) is 18.1. The first-order valence-electron chi connectivity index (χ1n) is 7.15. The molecular weight excluding hydrogens is 333 g/mol. The van der Waals surface area contributed by atoms with Crippen molar-refractivity contribution in [2.75, 3.05) is 4.72 Å². The Balaban J connectivity index is 2.48. The molecule has 0 heterocycles. The number of aromatic carboxylic acids is 1. The van der Waals surface area contributed by atoms with Gasteiger partial charge < -0.3 is 9.90 Å². The highest BCUT2D eigenvalue weighted by Gasteiger charge is 2.22. The van der Waals surface area contributed by atoms with Crippen LogP contribution in [0.15, 0.2) is 47.4 Å². The molecule has 0 aromatic heterocycles. The van der Waals surface area contributed by atoms with Crippen LogP contribution < -0.4 is 9.83 Å². The highest BCUT2D eigenvalue weighted by atomic mass is 32.2. The van der Waals surface area contributed by atoms with Crippen LogP contribution in [0.5, 0.6) is 0 Å². The third kappa shape index (κ3) is 3.73. The fourth-order valence-corrected chi connectivity index (χ4v) is 3.36. The Morgan fingerprint density at radius 2 is 1.75 bits per heavy atom. The van der Waals surface area contributed by atoms with E-state index in [0.29, 0.717) is 5.69 Å². The molecule has 0 aliphatic rings. The number of nitrogens with one attached hydrogen (secondary N) is 1. The summed E-state index contributed by atoms with van der Waals surface area (Å²) in [5, 5.41) is 10.9. The minimum Gasteiger partial charge on any atom is -0.545 e. The molecule has 0 atom stereocenters. The van der Waals surface area contributed by atoms with Crippen molar-refractivity contribution in [3.8, 4) is 0 Å². The highest BCUT2D eigenvalue weighted by Crippen LogP contribution is 2.30. The minimum absolute atomic E-state index is 0.307. The molecule has 1 N–H and O–H groups in total. The predicted octanol–water partition coefficient (Wildman–Crippen LogP) is 2.29. The maximum absolute atomic E-state index is 13.4. The van der Waals surface area contributed by atoms with E-state index in [1.54, 1.807) is 24.3 Å². The first-order chi connectivity index (χ1) is 11.0. The third-order valence-corrected chi connectivity index (χ3v) is 4.81. The number of sulfonamides is 1. The standard InChI is InChI=1S/C17H18FNO4S/c1-17(2,3)13-6-4-5-7-15(13)19-24(22,23)11-8-9-14(18)12(10-11)16(20)21/h4-10,19H,1-3H3,(H,20,21)/p-1. The number of carbonyl (C=O) groups is 1. The zero-order valence-electron chi connectivity index (χ0n) is 13.5. The summed E-state index contributed by atoms with van der Waals surface area (Å²) in [7, 11) is -4.08. The molecule has 2 aromatic carbocycles. The number of carboxylic acids is 1. The number of carboxylic acid groups (broad SMARTS) is 1. The van der Waals surface area contributed by atoms with Gasteiger partial charge in [-0.1, -0.05) is 39.0 Å². The summed E-state index contributed by atoms with van der Waals surface area (Å²) in [6.07, 6.45) is 0. The number of benzene rings is 2. The van der Waals surface area contributed by atoms with Crippen LogP contribution in [0.25, 0.3) is 0 Å². The number of rotatable bonds is 4. The first-order valence-corrected chi connectivity index (χ1v) is 8.64. The van der Waals surface area contributed by atoms with Crippen LogP contribution in [-0.4, -0.2) is 14.4 Å². The molecular formula is C17H17FNO4S-. The maximum atomic E-state index is 13.4. The van der Waals surface area contributed by atoms with Crippen molar-refractivity contribution >= 4 is 21.7 Å². The molecule has 0 radical (unpaired) electrons. The molecule has 5 nitrogen and oxygen atoms in total. The lowest BCUT2D eigenvalue weighted by Crippen LogP contribution is -2.24. The summed E-state index contributed by atoms with van der Waals surface area (Å²) < 4.78 is 40.9. The molecule has 0 amide bonds. The normalized spacial score (nSPS) is 12.0. The molecule has 24 heavy (non-hydrogen) atoms. The molecule has 0 aliphatic carbocycles. The monoisotopic (exact) mass is 350 g/mol. The number of anilines is 1. The number of para-hydroxylation sites is 1. The van der Waals surface area contributed by atoms with Crippen LogP contribution in [0.3, 0.4) is 0 Å². The summed E-state index contributed by atoms with van der Waals surface area (Å²) >= 11 is 0. The number of hydrogen-bond donors (Lipinski definition) is 1. The Morgan fingerprint density at radius 3 is 2.33 bits per heavy atom. The molecule has 0 saturated heterocycles. The van der Waals surface area contributed by atoms with Crippen molar-refractivity contribution in [3.63, 3.8) is 0 Å². The van der Waals surface area contributed by atoms with Gasteiger partial charge in [0.25, 0.3) is 10.0 Å². The van der Waals surface area contributed by atoms with Crippen molar-refractivity contribution in [1.29, 1.82) is 0 Å². The van der Waals surface area contributed by atoms with E-state index in [4.69, 9.17) is 0 Å². The molecule has 2 rings (SSSR count). The number of halogens is 1. The van der Waals surface area contributed by atoms with E-state index in [0.717, 1.165) is 23.8 Å². The molecule has 0 aliphatic heterocycles. The van der Waals surface area contributed by atoms with Crippen molar-refractivity contribution in [3.05, 3.63) is 59.4 Å². The summed E-state index contributed by atoms with van der Waals surface area (Å²) in [6, 6.07) is 9.43. The van der Waals surface area contributed by atoms with E-state index >= 15 is 0 Å². The maximum Gasteiger partial charge on any atom is 0.261 e. The highest BCUT2D eigenvalue weighted by molar-refractivity contribution is 7.92. The van der Waals surface area contributed by atoms with Crippen LogP contribution in [-0.2, 0) is 15.4 Å². The van der Waals surface area contributed by atoms with Gasteiger partial charge in [0.2, 0.25) is 0 Å². The molecule has 0 saturated carbocycles. The van der Waals surface area contributed by atoms with Crippen LogP contribution in [0.2, 0.25) is 0 Å². The third-order valence-electron chi connectivity index (χ3n) is 3.45. The van der Waals surface area contributed by atoms with E-state index in [-0.39, 0.29) is 10.3 Å². The van der Waals surface area contributed by atoms with E-state index in [1.807, 2.05) is 20.8 Å². The van der Waals surface area contributed by atoms with Gasteiger partial charge in [-0.05, 0) is 35.2 Å². The van der Waals surface area contributed by atoms with Crippen molar-refractivity contribution in [2.24, 2.45) is 0 Å². The second kappa shape index (κ2) is 6.24. The number of carbonyl (C=O) groups excluding carboxylic acids is 1. The summed E-state index contributed by atoms with van der Waals surface area (Å²) in [4.78, 5) is 10.5. The topological polar surface area (TPSA) is 86.3 Å². The quantitative estimate of drug-likeness (QED) is 0.916. The lowest BCUT2D eigenvalue weighted by molar-refractivity contribution is -0.255. The van der Waals surface area contributed by atoms with Crippen LogP contribution >= 0.6 is 0 Å². The zero-order valence-corrected chi connectivity index (χ0v) is 14.3. The summed E-state index contributed by atoms with van der Waals surface area (Å²) in [6.45, 7) is 5.81. The lowest BCUT2D eigenvalue weighted by Gasteiger charge is -2.23. The Morgan fingerprint density at radius 1 is 1.12 bits per heavy atom. The van der Waals surface area contributed by atoms with Gasteiger partial charge in [-0.2, -0.15) is 0 Å². The molecule has 0 fully saturated rings. The largest absolute Gasteiger partial charge is 0.545 e. The predicted molar refractivity (Wildman–Crippen MR) is 86.7 cm³/mol. The summed E-state index contributed by atoms with van der Waals surface area (Å²) in [5.74, 6) is -2.83. The SMILES string of the molecule is CC(C)(C)c1ccccc1NS(=O)(=O)c1ccc(F)c(C(=O)[O-])c1. The molecule has 0 unspecified atom stereocenters. The Hall–Kier alpha value is -2.41. The van der Waals surface area contributed by atoms with E-state index < -0.39 is 27.4 Å². The van der Waals surface area contributed by atoms with Gasteiger partial charge in [-0.15, -0.1) is 0 Å². The van der Waals surface area contributed by atoms with Crippen LogP contribution in [0.1, 0.15) is 36.7 Å². The van der Waals surface area contributed by atoms with Crippen molar-refractivity contribution in [1.82, 2.24) is 0 Å². The molecule has 7 heteroatoms. The first kappa shape index (κ1) is 17.9. The van der Waals surface area contributed by atoms with Gasteiger partial charge in [0.15, 0.2) is 0 Å². The second-order valence-corrected chi connectivity index (χ2v) is 8.01. The van der Waals surface area contributed by atoms with E-state index in [2.05, 4.69) is 4.72 Å². The van der Waals surface area contributed by atoms with E-state index in [9.17, 15) is 22.7 Å². The van der Waals surface area contributed by atoms with Gasteiger partial charge in [-0.25, -0.2) is 12.8 Å². The Kier molecular flexibility index (Phi) is 4.66. The van der Waals surface area contributed by atoms with Crippen molar-refractivity contribution < 1.29 is 22.7 Å². The average molecular weight is 350 g/mol. The second-order valence-electron chi connectivity index (χ2n) is 6.33. The smallest absolute Gasteiger partial charge is 0.261 e. The molecule has 128 valence electrons.